The molecule has 1 aromatic rings. The predicted octanol–water partition coefficient (Wildman–Crippen LogP) is 2.26. The van der Waals surface area contributed by atoms with Crippen LogP contribution in [0.5, 0.6) is 0 Å². The highest BCUT2D eigenvalue weighted by Gasteiger charge is 2.34. The van der Waals surface area contributed by atoms with Crippen molar-refractivity contribution < 1.29 is 17.6 Å². The van der Waals surface area contributed by atoms with Crippen LogP contribution in [0.4, 0.5) is 10.1 Å². The van der Waals surface area contributed by atoms with Crippen LogP contribution in [0.1, 0.15) is 12.0 Å². The van der Waals surface area contributed by atoms with Gasteiger partial charge in [-0.25, -0.2) is 12.8 Å². The molecule has 6 nitrogen and oxygen atoms in total. The average Bonchev–Trinajstić information content (AvgIpc) is 2.59. The Morgan fingerprint density at radius 3 is 2.88 bits per heavy atom. The molecular formula is C17H15ClFN3O3S. The lowest BCUT2D eigenvalue weighted by Gasteiger charge is -2.34. The van der Waals surface area contributed by atoms with E-state index in [2.05, 4.69) is 4.40 Å². The van der Waals surface area contributed by atoms with E-state index < -0.39 is 21.7 Å². The number of hydrogen-bond donors (Lipinski definition) is 0. The molecule has 26 heavy (non-hydrogen) atoms. The number of sulfonamides is 1. The van der Waals surface area contributed by atoms with E-state index in [4.69, 9.17) is 11.6 Å². The Morgan fingerprint density at radius 2 is 2.08 bits per heavy atom. The van der Waals surface area contributed by atoms with Gasteiger partial charge >= 0.3 is 0 Å². The van der Waals surface area contributed by atoms with Gasteiger partial charge in [-0.05, 0) is 42.7 Å². The van der Waals surface area contributed by atoms with E-state index in [1.165, 1.54) is 17.0 Å². The van der Waals surface area contributed by atoms with E-state index in [1.807, 2.05) is 0 Å². The Bertz CT molecular complexity index is 1000. The molecule has 3 aliphatic rings. The molecule has 0 unspecified atom stereocenters. The van der Waals surface area contributed by atoms with Gasteiger partial charge in [0.25, 0.3) is 15.9 Å². The largest absolute Gasteiger partial charge is 0.331 e. The molecule has 0 radical (unpaired) electrons. The molecule has 0 saturated carbocycles. The van der Waals surface area contributed by atoms with Crippen LogP contribution >= 0.6 is 11.6 Å². The first-order chi connectivity index (χ1) is 12.4. The summed E-state index contributed by atoms with van der Waals surface area (Å²) in [7, 11) is -3.62. The molecule has 0 aromatic heterocycles. The lowest BCUT2D eigenvalue weighted by Crippen LogP contribution is -2.45. The van der Waals surface area contributed by atoms with Crippen LogP contribution in [0.2, 0.25) is 5.02 Å². The van der Waals surface area contributed by atoms with E-state index in [9.17, 15) is 17.6 Å². The van der Waals surface area contributed by atoms with Crippen molar-refractivity contribution in [1.29, 1.82) is 0 Å². The molecule has 0 aliphatic carbocycles. The molecule has 1 amide bonds. The molecule has 4 rings (SSSR count). The van der Waals surface area contributed by atoms with E-state index in [0.717, 1.165) is 0 Å². The van der Waals surface area contributed by atoms with Gasteiger partial charge in [-0.3, -0.25) is 4.79 Å². The fourth-order valence-corrected chi connectivity index (χ4v) is 4.60. The second kappa shape index (κ2) is 6.21. The van der Waals surface area contributed by atoms with Crippen molar-refractivity contribution in [3.05, 3.63) is 52.5 Å². The molecule has 3 aliphatic heterocycles. The van der Waals surface area contributed by atoms with E-state index in [-0.39, 0.29) is 34.4 Å². The number of amides is 1. The Balaban J connectivity index is 1.77. The van der Waals surface area contributed by atoms with Gasteiger partial charge in [-0.1, -0.05) is 11.6 Å². The third-order valence-corrected chi connectivity index (χ3v) is 5.91. The topological polar surface area (TPSA) is 70.0 Å². The Labute approximate surface area is 155 Å². The van der Waals surface area contributed by atoms with Gasteiger partial charge in [-0.2, -0.15) is 0 Å². The second-order valence-corrected chi connectivity index (χ2v) is 8.46. The molecule has 3 heterocycles. The number of anilines is 1. The molecule has 0 atom stereocenters. The van der Waals surface area contributed by atoms with Crippen LogP contribution in [0.25, 0.3) is 0 Å². The summed E-state index contributed by atoms with van der Waals surface area (Å²) in [6, 6.07) is 2.83. The van der Waals surface area contributed by atoms with Gasteiger partial charge in [-0.15, -0.1) is 4.40 Å². The van der Waals surface area contributed by atoms with Gasteiger partial charge in [0.2, 0.25) is 0 Å². The monoisotopic (exact) mass is 395 g/mol. The standard InChI is InChI=1S/C17H15ClFN3O3S/c18-12-9-11-3-1-6-22(15(11)14(19)10-12)17(23)13-4-2-5-21-7-8-26(24,25)20-16(13)21/h2,4-5,9-10H,1,3,6-8H2. The van der Waals surface area contributed by atoms with Crippen molar-refractivity contribution in [1.82, 2.24) is 4.90 Å². The third-order valence-electron chi connectivity index (χ3n) is 4.54. The first-order valence-electron chi connectivity index (χ1n) is 8.14. The fraction of sp³-hybridized carbons (Fsp3) is 0.294. The SMILES string of the molecule is O=C(C1=CC=CN2CCS(=O)(=O)N=C12)N1CCCc2cc(Cl)cc(F)c21. The first kappa shape index (κ1) is 17.2. The summed E-state index contributed by atoms with van der Waals surface area (Å²) < 4.78 is 42.0. The number of halogens is 2. The van der Waals surface area contributed by atoms with Gasteiger partial charge in [0.15, 0.2) is 5.84 Å². The Kier molecular flexibility index (Phi) is 4.11. The van der Waals surface area contributed by atoms with E-state index in [1.54, 1.807) is 23.2 Å². The smallest absolute Gasteiger partial charge is 0.262 e. The zero-order valence-corrected chi connectivity index (χ0v) is 15.2. The van der Waals surface area contributed by atoms with Crippen molar-refractivity contribution in [3.8, 4) is 0 Å². The number of rotatable bonds is 1. The highest BCUT2D eigenvalue weighted by atomic mass is 35.5. The van der Waals surface area contributed by atoms with Gasteiger partial charge in [0.1, 0.15) is 5.82 Å². The summed E-state index contributed by atoms with van der Waals surface area (Å²) in [6.07, 6.45) is 6.13. The minimum absolute atomic E-state index is 0.0882. The van der Waals surface area contributed by atoms with Crippen molar-refractivity contribution in [2.45, 2.75) is 12.8 Å². The highest BCUT2D eigenvalue weighted by molar-refractivity contribution is 7.90. The number of carbonyl (C=O) groups is 1. The molecule has 0 bridgehead atoms. The fourth-order valence-electron chi connectivity index (χ4n) is 3.38. The van der Waals surface area contributed by atoms with Gasteiger partial charge in [0, 0.05) is 24.3 Å². The minimum Gasteiger partial charge on any atom is -0.331 e. The number of aryl methyl sites for hydroxylation is 1. The Hall–Kier alpha value is -2.19. The number of amidine groups is 1. The van der Waals surface area contributed by atoms with E-state index >= 15 is 0 Å². The average molecular weight is 396 g/mol. The van der Waals surface area contributed by atoms with Crippen LogP contribution in [0.3, 0.4) is 0 Å². The van der Waals surface area contributed by atoms with E-state index in [0.29, 0.717) is 24.9 Å². The molecule has 0 N–H and O–H groups in total. The highest BCUT2D eigenvalue weighted by Crippen LogP contribution is 2.34. The van der Waals surface area contributed by atoms with Crippen molar-refractivity contribution in [2.24, 2.45) is 4.40 Å². The maximum absolute atomic E-state index is 14.5. The molecular weight excluding hydrogens is 381 g/mol. The zero-order chi connectivity index (χ0) is 18.5. The molecule has 1 aromatic carbocycles. The summed E-state index contributed by atoms with van der Waals surface area (Å²) >= 11 is 5.92. The molecule has 0 spiro atoms. The molecule has 0 fully saturated rings. The lowest BCUT2D eigenvalue weighted by molar-refractivity contribution is -0.114. The number of allylic oxidation sites excluding steroid dienone is 2. The van der Waals surface area contributed by atoms with Crippen LogP contribution in [0.15, 0.2) is 40.5 Å². The summed E-state index contributed by atoms with van der Waals surface area (Å²) in [4.78, 5) is 16.1. The van der Waals surface area contributed by atoms with Crippen LogP contribution in [-0.2, 0) is 21.2 Å². The molecule has 9 heteroatoms. The molecule has 136 valence electrons. The lowest BCUT2D eigenvalue weighted by atomic mass is 9.99. The van der Waals surface area contributed by atoms with Crippen molar-refractivity contribution in [3.63, 3.8) is 0 Å². The number of fused-ring (bicyclic) bond motifs is 2. The molecule has 0 saturated heterocycles. The van der Waals surface area contributed by atoms with Crippen molar-refractivity contribution >= 4 is 39.1 Å². The summed E-state index contributed by atoms with van der Waals surface area (Å²) in [6.45, 7) is 0.564. The number of nitrogens with zero attached hydrogens (tertiary/aromatic N) is 3. The summed E-state index contributed by atoms with van der Waals surface area (Å²) in [5.74, 6) is -1.06. The Morgan fingerprint density at radius 1 is 1.27 bits per heavy atom. The number of hydrogen-bond acceptors (Lipinski definition) is 4. The van der Waals surface area contributed by atoms with Gasteiger partial charge < -0.3 is 9.80 Å². The number of benzene rings is 1. The summed E-state index contributed by atoms with van der Waals surface area (Å²) in [5.41, 5.74) is 1.00. The maximum atomic E-state index is 14.5. The summed E-state index contributed by atoms with van der Waals surface area (Å²) in [5, 5.41) is 0.282. The minimum atomic E-state index is -3.62. The van der Waals surface area contributed by atoms with Gasteiger partial charge in [0.05, 0.1) is 17.0 Å². The third kappa shape index (κ3) is 2.93. The quantitative estimate of drug-likeness (QED) is 0.731. The normalized spacial score (nSPS) is 20.8. The van der Waals surface area contributed by atoms with Crippen LogP contribution in [-0.4, -0.2) is 43.9 Å². The first-order valence-corrected chi connectivity index (χ1v) is 10.1. The van der Waals surface area contributed by atoms with Crippen LogP contribution in [0, 0.1) is 5.82 Å². The number of carbonyl (C=O) groups excluding carboxylic acids is 1. The zero-order valence-electron chi connectivity index (χ0n) is 13.7. The van der Waals surface area contributed by atoms with Crippen molar-refractivity contribution in [2.75, 3.05) is 23.7 Å². The maximum Gasteiger partial charge on any atom is 0.262 e. The predicted molar refractivity (Wildman–Crippen MR) is 97.2 cm³/mol. The van der Waals surface area contributed by atoms with Crippen LogP contribution < -0.4 is 4.90 Å². The second-order valence-electron chi connectivity index (χ2n) is 6.27.